The summed E-state index contributed by atoms with van der Waals surface area (Å²) in [5.74, 6) is 0.989. The van der Waals surface area contributed by atoms with E-state index >= 15 is 0 Å². The summed E-state index contributed by atoms with van der Waals surface area (Å²) in [6.07, 6.45) is 2.15. The molecule has 20 heavy (non-hydrogen) atoms. The predicted molar refractivity (Wildman–Crippen MR) is 80.9 cm³/mol. The lowest BCUT2D eigenvalue weighted by molar-refractivity contribution is -0.120. The van der Waals surface area contributed by atoms with E-state index in [0.717, 1.165) is 29.7 Å². The molecule has 0 spiro atoms. The Labute approximate surface area is 121 Å². The van der Waals surface area contributed by atoms with Gasteiger partial charge < -0.3 is 9.47 Å². The zero-order valence-electron chi connectivity index (χ0n) is 12.6. The van der Waals surface area contributed by atoms with Gasteiger partial charge in [0.05, 0.1) is 19.8 Å². The molecule has 0 radical (unpaired) electrons. The molecule has 0 saturated carbocycles. The number of carbonyl (C=O) groups excluding carboxylic acids is 1. The van der Waals surface area contributed by atoms with Crippen LogP contribution in [-0.2, 0) is 16.1 Å². The highest BCUT2D eigenvalue weighted by Crippen LogP contribution is 2.16. The van der Waals surface area contributed by atoms with Gasteiger partial charge in [-0.05, 0) is 44.4 Å². The monoisotopic (exact) mass is 276 g/mol. The first kappa shape index (κ1) is 16.4. The van der Waals surface area contributed by atoms with Gasteiger partial charge in [0.2, 0.25) is 0 Å². The van der Waals surface area contributed by atoms with Gasteiger partial charge in [-0.25, -0.2) is 0 Å². The van der Waals surface area contributed by atoms with Crippen LogP contribution in [0.5, 0.6) is 5.75 Å². The molecule has 110 valence electrons. The third-order valence-corrected chi connectivity index (χ3v) is 3.05. The molecular weight excluding hydrogens is 252 g/mol. The van der Waals surface area contributed by atoms with Gasteiger partial charge in [0.1, 0.15) is 11.5 Å². The fourth-order valence-electron chi connectivity index (χ4n) is 1.91. The van der Waals surface area contributed by atoms with Crippen LogP contribution in [0.2, 0.25) is 0 Å². The van der Waals surface area contributed by atoms with E-state index in [9.17, 15) is 4.79 Å². The van der Waals surface area contributed by atoms with Crippen LogP contribution in [-0.4, -0.2) is 19.0 Å². The summed E-state index contributed by atoms with van der Waals surface area (Å²) in [5, 5.41) is 0. The summed E-state index contributed by atoms with van der Waals surface area (Å²) in [6, 6.07) is 7.77. The van der Waals surface area contributed by atoms with Gasteiger partial charge in [-0.1, -0.05) is 17.7 Å². The fourth-order valence-corrected chi connectivity index (χ4v) is 1.91. The van der Waals surface area contributed by atoms with Gasteiger partial charge in [0.25, 0.3) is 0 Å². The van der Waals surface area contributed by atoms with E-state index in [4.69, 9.17) is 9.47 Å². The maximum atomic E-state index is 11.3. The molecule has 0 saturated heterocycles. The van der Waals surface area contributed by atoms with Crippen LogP contribution >= 0.6 is 0 Å². The fraction of sp³-hybridized carbons (Fsp3) is 0.471. The van der Waals surface area contributed by atoms with Crippen LogP contribution in [0.4, 0.5) is 0 Å². The minimum Gasteiger partial charge on any atom is -0.497 e. The maximum Gasteiger partial charge on any atom is 0.132 e. The summed E-state index contributed by atoms with van der Waals surface area (Å²) in [6.45, 7) is 8.00. The molecule has 0 unspecified atom stereocenters. The quantitative estimate of drug-likeness (QED) is 0.641. The molecule has 1 atom stereocenters. The molecule has 0 aromatic heterocycles. The summed E-state index contributed by atoms with van der Waals surface area (Å²) >= 11 is 0. The van der Waals surface area contributed by atoms with E-state index in [1.54, 1.807) is 14.0 Å². The van der Waals surface area contributed by atoms with Crippen molar-refractivity contribution in [3.05, 3.63) is 42.0 Å². The number of Topliss-reactive ketones (excluding diaryl/α,β-unsaturated/α-hetero) is 1. The van der Waals surface area contributed by atoms with Gasteiger partial charge in [-0.15, -0.1) is 6.58 Å². The van der Waals surface area contributed by atoms with E-state index in [1.807, 2.05) is 31.2 Å². The second kappa shape index (κ2) is 8.54. The van der Waals surface area contributed by atoms with Crippen molar-refractivity contribution in [1.29, 1.82) is 0 Å². The van der Waals surface area contributed by atoms with Crippen molar-refractivity contribution >= 4 is 5.78 Å². The molecule has 0 amide bonds. The lowest BCUT2D eigenvalue weighted by Gasteiger charge is -2.17. The molecular formula is C17H24O3. The van der Waals surface area contributed by atoms with Crippen molar-refractivity contribution in [3.63, 3.8) is 0 Å². The van der Waals surface area contributed by atoms with Crippen molar-refractivity contribution in [1.82, 2.24) is 0 Å². The normalized spacial score (nSPS) is 11.9. The number of rotatable bonds is 9. The highest BCUT2D eigenvalue weighted by atomic mass is 16.5. The number of hydrogen-bond donors (Lipinski definition) is 0. The maximum absolute atomic E-state index is 11.3. The molecule has 3 heteroatoms. The Morgan fingerprint density at radius 1 is 1.25 bits per heavy atom. The molecule has 0 bridgehead atoms. The third kappa shape index (κ3) is 6.53. The summed E-state index contributed by atoms with van der Waals surface area (Å²) < 4.78 is 11.0. The lowest BCUT2D eigenvalue weighted by atomic mass is 10.1. The SMILES string of the molecule is C=C(C)CC[C@@H](CC(C)=O)OCc1ccc(OC)cc1. The predicted octanol–water partition coefficient (Wildman–Crippen LogP) is 3.92. The Bertz CT molecular complexity index is 434. The van der Waals surface area contributed by atoms with Crippen molar-refractivity contribution in [2.45, 2.75) is 45.8 Å². The molecule has 0 fully saturated rings. The molecule has 0 N–H and O–H groups in total. The van der Waals surface area contributed by atoms with Crippen molar-refractivity contribution in [2.24, 2.45) is 0 Å². The van der Waals surface area contributed by atoms with E-state index in [0.29, 0.717) is 13.0 Å². The van der Waals surface area contributed by atoms with Crippen molar-refractivity contribution in [3.8, 4) is 5.75 Å². The van der Waals surface area contributed by atoms with Gasteiger partial charge in [-0.3, -0.25) is 4.79 Å². The van der Waals surface area contributed by atoms with Crippen LogP contribution in [0.25, 0.3) is 0 Å². The molecule has 1 aromatic carbocycles. The van der Waals surface area contributed by atoms with Crippen LogP contribution in [0.15, 0.2) is 36.4 Å². The Morgan fingerprint density at radius 3 is 2.40 bits per heavy atom. The first-order valence-corrected chi connectivity index (χ1v) is 6.89. The number of allylic oxidation sites excluding steroid dienone is 1. The van der Waals surface area contributed by atoms with Crippen LogP contribution in [0.1, 0.15) is 38.7 Å². The molecule has 0 heterocycles. The number of benzene rings is 1. The summed E-state index contributed by atoms with van der Waals surface area (Å²) in [5.41, 5.74) is 2.20. The van der Waals surface area contributed by atoms with E-state index in [2.05, 4.69) is 6.58 Å². The number of methoxy groups -OCH3 is 1. The van der Waals surface area contributed by atoms with E-state index in [1.165, 1.54) is 0 Å². The minimum atomic E-state index is -0.0358. The van der Waals surface area contributed by atoms with Gasteiger partial charge in [0.15, 0.2) is 0 Å². The molecule has 0 aliphatic carbocycles. The largest absolute Gasteiger partial charge is 0.497 e. The van der Waals surface area contributed by atoms with Crippen LogP contribution in [0, 0.1) is 0 Å². The highest BCUT2D eigenvalue weighted by Gasteiger charge is 2.12. The Balaban J connectivity index is 2.50. The average Bonchev–Trinajstić information content (AvgIpc) is 2.42. The highest BCUT2D eigenvalue weighted by molar-refractivity contribution is 5.75. The van der Waals surface area contributed by atoms with Crippen molar-refractivity contribution in [2.75, 3.05) is 7.11 Å². The standard InChI is InChI=1S/C17H24O3/c1-13(2)5-8-17(11-14(3)18)20-12-15-6-9-16(19-4)10-7-15/h6-7,9-10,17H,1,5,8,11-12H2,2-4H3/t17-/m0/s1. The molecule has 3 nitrogen and oxygen atoms in total. The first-order chi connectivity index (χ1) is 9.51. The summed E-state index contributed by atoms with van der Waals surface area (Å²) in [4.78, 5) is 11.3. The molecule has 0 aliphatic rings. The number of hydrogen-bond acceptors (Lipinski definition) is 3. The zero-order valence-corrected chi connectivity index (χ0v) is 12.6. The Kier molecular flexibility index (Phi) is 7.02. The average molecular weight is 276 g/mol. The molecule has 1 rings (SSSR count). The van der Waals surface area contributed by atoms with E-state index in [-0.39, 0.29) is 11.9 Å². The Morgan fingerprint density at radius 2 is 1.90 bits per heavy atom. The zero-order chi connectivity index (χ0) is 15.0. The Hall–Kier alpha value is -1.61. The lowest BCUT2D eigenvalue weighted by Crippen LogP contribution is -2.16. The second-order valence-electron chi connectivity index (χ2n) is 5.18. The van der Waals surface area contributed by atoms with Crippen LogP contribution < -0.4 is 4.74 Å². The molecule has 1 aromatic rings. The first-order valence-electron chi connectivity index (χ1n) is 6.89. The van der Waals surface area contributed by atoms with Gasteiger partial charge in [0, 0.05) is 6.42 Å². The third-order valence-electron chi connectivity index (χ3n) is 3.05. The smallest absolute Gasteiger partial charge is 0.132 e. The van der Waals surface area contributed by atoms with E-state index < -0.39 is 0 Å². The number of carbonyl (C=O) groups is 1. The second-order valence-corrected chi connectivity index (χ2v) is 5.18. The topological polar surface area (TPSA) is 35.5 Å². The van der Waals surface area contributed by atoms with Crippen molar-refractivity contribution < 1.29 is 14.3 Å². The summed E-state index contributed by atoms with van der Waals surface area (Å²) in [7, 11) is 1.64. The van der Waals surface area contributed by atoms with Gasteiger partial charge in [-0.2, -0.15) is 0 Å². The van der Waals surface area contributed by atoms with Crippen LogP contribution in [0.3, 0.4) is 0 Å². The number of ether oxygens (including phenoxy) is 2. The minimum absolute atomic E-state index is 0.0358. The molecule has 0 aliphatic heterocycles. The van der Waals surface area contributed by atoms with Gasteiger partial charge >= 0.3 is 0 Å². The number of ketones is 1.